The number of hydrogen-bond acceptors (Lipinski definition) is 4. The number of nitrogens with one attached hydrogen (secondary N) is 1. The molecule has 0 unspecified atom stereocenters. The van der Waals surface area contributed by atoms with Gasteiger partial charge in [-0.2, -0.15) is 0 Å². The summed E-state index contributed by atoms with van der Waals surface area (Å²) >= 11 is 0.865. The van der Waals surface area contributed by atoms with Crippen LogP contribution in [0.4, 0.5) is 10.5 Å². The molecule has 1 N–H and O–H groups in total. The van der Waals surface area contributed by atoms with Gasteiger partial charge in [-0.15, -0.1) is 0 Å². The number of rotatable bonds is 5. The topological polar surface area (TPSA) is 71.4 Å². The Kier molecular flexibility index (Phi) is 5.69. The average molecular weight is 434 g/mol. The van der Waals surface area contributed by atoms with Crippen LogP contribution in [0.15, 0.2) is 53.6 Å². The van der Waals surface area contributed by atoms with Crippen molar-refractivity contribution in [1.82, 2.24) is 9.47 Å². The Hall–Kier alpha value is -3.32. The highest BCUT2D eigenvalue weighted by molar-refractivity contribution is 8.18. The van der Waals surface area contributed by atoms with Gasteiger partial charge in [-0.1, -0.05) is 30.3 Å². The molecule has 1 aliphatic rings. The number of benzene rings is 2. The summed E-state index contributed by atoms with van der Waals surface area (Å²) in [5.74, 6) is -0.848. The van der Waals surface area contributed by atoms with Gasteiger partial charge in [0.2, 0.25) is 5.91 Å². The quantitative estimate of drug-likeness (QED) is 0.578. The molecular weight excluding hydrogens is 410 g/mol. The van der Waals surface area contributed by atoms with Crippen LogP contribution in [0.2, 0.25) is 0 Å². The van der Waals surface area contributed by atoms with Crippen LogP contribution in [0.25, 0.3) is 17.0 Å². The van der Waals surface area contributed by atoms with E-state index in [2.05, 4.69) is 16.8 Å². The molecule has 1 saturated heterocycles. The van der Waals surface area contributed by atoms with Crippen molar-refractivity contribution >= 4 is 51.5 Å². The van der Waals surface area contributed by atoms with Crippen molar-refractivity contribution in [3.05, 3.63) is 70.3 Å². The summed E-state index contributed by atoms with van der Waals surface area (Å²) in [5, 5.41) is 3.38. The molecule has 0 atom stereocenters. The molecule has 0 spiro atoms. The second-order valence-electron chi connectivity index (χ2n) is 7.52. The van der Waals surface area contributed by atoms with Gasteiger partial charge >= 0.3 is 0 Å². The number of carbonyl (C=O) groups is 3. The van der Waals surface area contributed by atoms with Crippen molar-refractivity contribution in [2.45, 2.75) is 27.3 Å². The largest absolute Gasteiger partial charge is 0.347 e. The minimum atomic E-state index is -0.445. The van der Waals surface area contributed by atoms with E-state index in [0.29, 0.717) is 10.6 Å². The van der Waals surface area contributed by atoms with Crippen LogP contribution in [0.3, 0.4) is 0 Å². The van der Waals surface area contributed by atoms with Crippen LogP contribution in [0.1, 0.15) is 23.6 Å². The van der Waals surface area contributed by atoms with Gasteiger partial charge in [-0.25, -0.2) is 0 Å². The molecule has 0 saturated carbocycles. The number of carbonyl (C=O) groups excluding carboxylic acids is 3. The molecule has 0 radical (unpaired) electrons. The normalized spacial score (nSPS) is 15.3. The maximum absolute atomic E-state index is 12.9. The average Bonchev–Trinajstić information content (AvgIpc) is 3.23. The smallest absolute Gasteiger partial charge is 0.294 e. The van der Waals surface area contributed by atoms with Gasteiger partial charge in [0.15, 0.2) is 0 Å². The van der Waals surface area contributed by atoms with Gasteiger partial charge in [0, 0.05) is 34.9 Å². The summed E-state index contributed by atoms with van der Waals surface area (Å²) in [5.41, 5.74) is 4.56. The van der Waals surface area contributed by atoms with Crippen LogP contribution >= 0.6 is 11.8 Å². The molecule has 0 bridgehead atoms. The van der Waals surface area contributed by atoms with E-state index in [1.807, 2.05) is 62.5 Å². The van der Waals surface area contributed by atoms with Crippen molar-refractivity contribution in [1.29, 1.82) is 0 Å². The van der Waals surface area contributed by atoms with Crippen molar-refractivity contribution in [2.24, 2.45) is 0 Å². The number of fused-ring (bicyclic) bond motifs is 1. The van der Waals surface area contributed by atoms with Crippen LogP contribution in [-0.4, -0.2) is 33.1 Å². The second-order valence-corrected chi connectivity index (χ2v) is 8.52. The minimum absolute atomic E-state index is 0.313. The lowest BCUT2D eigenvalue weighted by Gasteiger charge is -2.14. The molecular formula is C24H23N3O3S. The molecule has 2 aromatic carbocycles. The standard InChI is InChI=1S/C24H23N3O3S/c1-4-26-13-17(18-7-5-6-8-20(18)26)12-21-23(29)27(24(30)31-21)14-22(28)25-19-11-15(2)9-10-16(19)3/h5-13H,4,14H2,1-3H3,(H,25,28)/b21-12-. The highest BCUT2D eigenvalue weighted by atomic mass is 32.2. The van der Waals surface area contributed by atoms with Crippen LogP contribution in [0, 0.1) is 13.8 Å². The molecule has 6 nitrogen and oxygen atoms in total. The Labute approximate surface area is 184 Å². The van der Waals surface area contributed by atoms with E-state index in [4.69, 9.17) is 0 Å². The SMILES string of the molecule is CCn1cc(/C=C2\SC(=O)N(CC(=O)Nc3cc(C)ccc3C)C2=O)c2ccccc21. The summed E-state index contributed by atoms with van der Waals surface area (Å²) in [6.07, 6.45) is 3.72. The van der Waals surface area contributed by atoms with Gasteiger partial charge in [-0.3, -0.25) is 19.3 Å². The number of thioether (sulfide) groups is 1. The number of imide groups is 1. The Bertz CT molecular complexity index is 1240. The first-order chi connectivity index (χ1) is 14.9. The highest BCUT2D eigenvalue weighted by Gasteiger charge is 2.36. The highest BCUT2D eigenvalue weighted by Crippen LogP contribution is 2.34. The zero-order valence-electron chi connectivity index (χ0n) is 17.6. The van der Waals surface area contributed by atoms with E-state index in [-0.39, 0.29) is 6.54 Å². The Morgan fingerprint density at radius 2 is 1.90 bits per heavy atom. The maximum atomic E-state index is 12.9. The number of nitrogens with zero attached hydrogens (tertiary/aromatic N) is 2. The third-order valence-electron chi connectivity index (χ3n) is 5.29. The fraction of sp³-hybridized carbons (Fsp3) is 0.208. The molecule has 31 heavy (non-hydrogen) atoms. The monoisotopic (exact) mass is 433 g/mol. The lowest BCUT2D eigenvalue weighted by Crippen LogP contribution is -2.36. The number of aromatic nitrogens is 1. The van der Waals surface area contributed by atoms with Crippen LogP contribution in [-0.2, 0) is 16.1 Å². The van der Waals surface area contributed by atoms with Crippen LogP contribution in [0.5, 0.6) is 0 Å². The molecule has 1 aromatic heterocycles. The van der Waals surface area contributed by atoms with E-state index in [0.717, 1.165) is 50.8 Å². The first kappa shape index (κ1) is 20.9. The van der Waals surface area contributed by atoms with Gasteiger partial charge in [0.25, 0.3) is 11.1 Å². The van der Waals surface area contributed by atoms with Crippen molar-refractivity contribution in [3.8, 4) is 0 Å². The molecule has 7 heteroatoms. The number of aryl methyl sites for hydroxylation is 3. The van der Waals surface area contributed by atoms with Gasteiger partial charge in [-0.05, 0) is 61.9 Å². The van der Waals surface area contributed by atoms with Crippen molar-refractivity contribution in [3.63, 3.8) is 0 Å². The Balaban J connectivity index is 1.54. The van der Waals surface area contributed by atoms with Crippen LogP contribution < -0.4 is 5.32 Å². The van der Waals surface area contributed by atoms with Gasteiger partial charge in [0.1, 0.15) is 6.54 Å². The molecule has 2 heterocycles. The lowest BCUT2D eigenvalue weighted by atomic mass is 10.1. The van der Waals surface area contributed by atoms with E-state index in [9.17, 15) is 14.4 Å². The Morgan fingerprint density at radius 1 is 1.13 bits per heavy atom. The minimum Gasteiger partial charge on any atom is -0.347 e. The first-order valence-corrected chi connectivity index (χ1v) is 10.9. The zero-order valence-corrected chi connectivity index (χ0v) is 18.5. The summed E-state index contributed by atoms with van der Waals surface area (Å²) in [6.45, 7) is 6.37. The van der Waals surface area contributed by atoms with Crippen molar-refractivity contribution in [2.75, 3.05) is 11.9 Å². The number of hydrogen-bond donors (Lipinski definition) is 1. The molecule has 3 amide bonds. The summed E-state index contributed by atoms with van der Waals surface area (Å²) in [4.78, 5) is 39.2. The zero-order chi connectivity index (χ0) is 22.1. The number of para-hydroxylation sites is 1. The third-order valence-corrected chi connectivity index (χ3v) is 6.20. The predicted molar refractivity (Wildman–Crippen MR) is 125 cm³/mol. The van der Waals surface area contributed by atoms with E-state index >= 15 is 0 Å². The Morgan fingerprint density at radius 3 is 2.68 bits per heavy atom. The number of amides is 3. The second kappa shape index (κ2) is 8.43. The van der Waals surface area contributed by atoms with Gasteiger partial charge in [0.05, 0.1) is 4.91 Å². The fourth-order valence-corrected chi connectivity index (χ4v) is 4.46. The summed E-state index contributed by atoms with van der Waals surface area (Å²) in [7, 11) is 0. The van der Waals surface area contributed by atoms with E-state index in [1.54, 1.807) is 6.08 Å². The van der Waals surface area contributed by atoms with Gasteiger partial charge < -0.3 is 9.88 Å². The molecule has 4 rings (SSSR count). The number of anilines is 1. The first-order valence-electron chi connectivity index (χ1n) is 10.1. The predicted octanol–water partition coefficient (Wildman–Crippen LogP) is 4.95. The molecule has 0 aliphatic carbocycles. The van der Waals surface area contributed by atoms with Crippen molar-refractivity contribution < 1.29 is 14.4 Å². The summed E-state index contributed by atoms with van der Waals surface area (Å²) < 4.78 is 2.10. The molecule has 3 aromatic rings. The third kappa shape index (κ3) is 4.14. The fourth-order valence-electron chi connectivity index (χ4n) is 3.63. The molecule has 1 fully saturated rings. The molecule has 1 aliphatic heterocycles. The molecule has 158 valence electrons. The summed E-state index contributed by atoms with van der Waals surface area (Å²) in [6, 6.07) is 13.7. The lowest BCUT2D eigenvalue weighted by molar-refractivity contribution is -0.127. The maximum Gasteiger partial charge on any atom is 0.294 e. The van der Waals surface area contributed by atoms with E-state index < -0.39 is 17.1 Å². The van der Waals surface area contributed by atoms with E-state index in [1.165, 1.54) is 0 Å².